The summed E-state index contributed by atoms with van der Waals surface area (Å²) in [6.07, 6.45) is 14.0. The number of pyridine rings is 1. The van der Waals surface area contributed by atoms with E-state index in [0.29, 0.717) is 19.8 Å². The molecule has 0 fully saturated rings. The molecule has 0 aliphatic heterocycles. The molecule has 29 heavy (non-hydrogen) atoms. The molecule has 1 aromatic carbocycles. The lowest BCUT2D eigenvalue weighted by atomic mass is 10.0. The average Bonchev–Trinajstić information content (AvgIpc) is 2.73. The Morgan fingerprint density at radius 1 is 0.793 bits per heavy atom. The van der Waals surface area contributed by atoms with E-state index in [2.05, 4.69) is 49.0 Å². The van der Waals surface area contributed by atoms with Crippen molar-refractivity contribution in [2.24, 2.45) is 0 Å². The molecule has 0 bridgehead atoms. The summed E-state index contributed by atoms with van der Waals surface area (Å²) in [4.78, 5) is 0. The predicted octanol–water partition coefficient (Wildman–Crippen LogP) is 2.54. The molecule has 0 atom stereocenters. The van der Waals surface area contributed by atoms with Gasteiger partial charge in [0.2, 0.25) is 0 Å². The summed E-state index contributed by atoms with van der Waals surface area (Å²) in [5, 5.41) is 0. The van der Waals surface area contributed by atoms with Crippen LogP contribution in [0.1, 0.15) is 63.5 Å². The van der Waals surface area contributed by atoms with E-state index in [4.69, 9.17) is 9.47 Å². The van der Waals surface area contributed by atoms with Gasteiger partial charge in [0, 0.05) is 12.1 Å². The number of aromatic nitrogens is 1. The first-order valence-electron chi connectivity index (χ1n) is 11.1. The molecule has 0 aliphatic carbocycles. The Hall–Kier alpha value is -1.58. The second-order valence-electron chi connectivity index (χ2n) is 7.43. The molecule has 0 radical (unpaired) electrons. The van der Waals surface area contributed by atoms with E-state index in [9.17, 15) is 0 Å². The van der Waals surface area contributed by atoms with Crippen molar-refractivity contribution in [1.29, 1.82) is 0 Å². The third kappa shape index (κ3) is 10.7. The third-order valence-electron chi connectivity index (χ3n) is 5.00. The lowest BCUT2D eigenvalue weighted by Crippen LogP contribution is -3.00. The molecular weight excluding hydrogens is 382 g/mol. The summed E-state index contributed by atoms with van der Waals surface area (Å²) in [5.74, 6) is 1.04. The van der Waals surface area contributed by atoms with Gasteiger partial charge in [-0.15, -0.1) is 0 Å². The van der Waals surface area contributed by atoms with Gasteiger partial charge in [0.25, 0.3) is 0 Å². The Labute approximate surface area is 183 Å². The van der Waals surface area contributed by atoms with Crippen molar-refractivity contribution in [3.05, 3.63) is 59.9 Å². The van der Waals surface area contributed by atoms with Crippen molar-refractivity contribution in [1.82, 2.24) is 0 Å². The molecule has 0 unspecified atom stereocenters. The lowest BCUT2D eigenvalue weighted by Gasteiger charge is -2.13. The van der Waals surface area contributed by atoms with Crippen LogP contribution < -0.4 is 21.7 Å². The van der Waals surface area contributed by atoms with Gasteiger partial charge in [0.05, 0.1) is 6.61 Å². The Morgan fingerprint density at radius 3 is 2.24 bits per heavy atom. The van der Waals surface area contributed by atoms with Gasteiger partial charge >= 0.3 is 0 Å². The first-order chi connectivity index (χ1) is 13.8. The van der Waals surface area contributed by atoms with Crippen LogP contribution in [0.15, 0.2) is 48.8 Å². The van der Waals surface area contributed by atoms with Gasteiger partial charge in [-0.1, -0.05) is 57.7 Å². The molecule has 3 nitrogen and oxygen atoms in total. The van der Waals surface area contributed by atoms with Crippen LogP contribution in [0.4, 0.5) is 0 Å². The van der Waals surface area contributed by atoms with Crippen molar-refractivity contribution in [2.75, 3.05) is 19.8 Å². The number of hydrogen-bond donors (Lipinski definition) is 0. The highest BCUT2D eigenvalue weighted by molar-refractivity contribution is 5.37. The lowest BCUT2D eigenvalue weighted by molar-refractivity contribution is -0.698. The van der Waals surface area contributed by atoms with Crippen LogP contribution in [-0.4, -0.2) is 19.8 Å². The predicted molar refractivity (Wildman–Crippen MR) is 116 cm³/mol. The summed E-state index contributed by atoms with van der Waals surface area (Å²) in [6, 6.07) is 12.9. The smallest absolute Gasteiger partial charge is 0.171 e. The molecule has 0 saturated heterocycles. The summed E-state index contributed by atoms with van der Waals surface area (Å²) in [5.41, 5.74) is 2.81. The highest BCUT2D eigenvalue weighted by Gasteiger charge is 2.06. The van der Waals surface area contributed by atoms with Crippen LogP contribution in [0, 0.1) is 0 Å². The van der Waals surface area contributed by atoms with Gasteiger partial charge in [-0.25, -0.2) is 4.57 Å². The van der Waals surface area contributed by atoms with Crippen LogP contribution >= 0.6 is 0 Å². The molecule has 0 saturated carbocycles. The topological polar surface area (TPSA) is 22.3 Å². The van der Waals surface area contributed by atoms with E-state index < -0.39 is 0 Å². The number of ether oxygens (including phenoxy) is 2. The fourth-order valence-corrected chi connectivity index (χ4v) is 3.34. The first kappa shape index (κ1) is 25.5. The maximum atomic E-state index is 6.07. The van der Waals surface area contributed by atoms with Crippen LogP contribution in [0.3, 0.4) is 0 Å². The first-order valence-corrected chi connectivity index (χ1v) is 11.1. The number of hydrogen-bond acceptors (Lipinski definition) is 2. The van der Waals surface area contributed by atoms with Crippen molar-refractivity contribution in [3.63, 3.8) is 0 Å². The monoisotopic (exact) mass is 419 g/mol. The van der Waals surface area contributed by atoms with E-state index in [0.717, 1.165) is 18.7 Å². The SMILES string of the molecule is CCCCCc1ccc(OCCOCC[n+]2ccccc2)c(CCCCC)c1.[Cl-]. The van der Waals surface area contributed by atoms with Gasteiger partial charge < -0.3 is 21.9 Å². The average molecular weight is 420 g/mol. The van der Waals surface area contributed by atoms with Crippen LogP contribution in [0.25, 0.3) is 0 Å². The zero-order chi connectivity index (χ0) is 19.9. The summed E-state index contributed by atoms with van der Waals surface area (Å²) in [7, 11) is 0. The molecular formula is C25H38ClNO2. The molecule has 162 valence electrons. The molecule has 0 aliphatic rings. The van der Waals surface area contributed by atoms with E-state index in [1.165, 1.54) is 56.1 Å². The molecule has 2 aromatic rings. The third-order valence-corrected chi connectivity index (χ3v) is 5.00. The van der Waals surface area contributed by atoms with Crippen LogP contribution in [0.5, 0.6) is 5.75 Å². The largest absolute Gasteiger partial charge is 1.00 e. The maximum absolute atomic E-state index is 6.07. The molecule has 1 heterocycles. The summed E-state index contributed by atoms with van der Waals surface area (Å²) in [6.45, 7) is 7.32. The number of benzene rings is 1. The van der Waals surface area contributed by atoms with Gasteiger partial charge in [0.15, 0.2) is 18.9 Å². The normalized spacial score (nSPS) is 10.6. The zero-order valence-electron chi connectivity index (χ0n) is 18.2. The van der Waals surface area contributed by atoms with Crippen molar-refractivity contribution in [2.45, 2.75) is 71.8 Å². The summed E-state index contributed by atoms with van der Waals surface area (Å²) >= 11 is 0. The number of aryl methyl sites for hydroxylation is 2. The second kappa shape index (κ2) is 16.2. The minimum atomic E-state index is 0. The highest BCUT2D eigenvalue weighted by atomic mass is 35.5. The van der Waals surface area contributed by atoms with E-state index in [1.54, 1.807) is 0 Å². The Bertz CT molecular complexity index is 649. The van der Waals surface area contributed by atoms with Gasteiger partial charge in [-0.3, -0.25) is 0 Å². The van der Waals surface area contributed by atoms with Gasteiger partial charge in [-0.05, 0) is 42.9 Å². The number of unbranched alkanes of at least 4 members (excludes halogenated alkanes) is 4. The summed E-state index contributed by atoms with van der Waals surface area (Å²) < 4.78 is 13.9. The fraction of sp³-hybridized carbons (Fsp3) is 0.560. The Kier molecular flexibility index (Phi) is 14.3. The van der Waals surface area contributed by atoms with Crippen molar-refractivity contribution in [3.8, 4) is 5.75 Å². The van der Waals surface area contributed by atoms with Gasteiger partial charge in [0.1, 0.15) is 19.0 Å². The molecule has 0 amide bonds. The number of halogens is 1. The molecule has 4 heteroatoms. The molecule has 1 aromatic heterocycles. The van der Waals surface area contributed by atoms with E-state index in [1.807, 2.05) is 18.2 Å². The minimum absolute atomic E-state index is 0. The Morgan fingerprint density at radius 2 is 1.52 bits per heavy atom. The van der Waals surface area contributed by atoms with Crippen LogP contribution in [-0.2, 0) is 24.1 Å². The molecule has 0 spiro atoms. The quantitative estimate of drug-likeness (QED) is 0.327. The Balaban J connectivity index is 0.00000420. The van der Waals surface area contributed by atoms with Gasteiger partial charge in [-0.2, -0.15) is 0 Å². The fourth-order valence-electron chi connectivity index (χ4n) is 3.34. The zero-order valence-corrected chi connectivity index (χ0v) is 19.0. The van der Waals surface area contributed by atoms with Crippen LogP contribution in [0.2, 0.25) is 0 Å². The number of rotatable bonds is 15. The van der Waals surface area contributed by atoms with E-state index >= 15 is 0 Å². The van der Waals surface area contributed by atoms with Crippen molar-refractivity contribution >= 4 is 0 Å². The van der Waals surface area contributed by atoms with Crippen molar-refractivity contribution < 1.29 is 26.4 Å². The standard InChI is InChI=1S/C25H38NO2.ClH/c1-3-5-8-12-23-14-15-25(24(22-23)13-9-6-4-2)28-21-20-27-19-18-26-16-10-7-11-17-26;/h7,10-11,14-17,22H,3-6,8-9,12-13,18-21H2,1-2H3;1H/q+1;/p-1. The maximum Gasteiger partial charge on any atom is 0.171 e. The number of nitrogens with zero attached hydrogens (tertiary/aromatic N) is 1. The van der Waals surface area contributed by atoms with E-state index in [-0.39, 0.29) is 12.4 Å². The highest BCUT2D eigenvalue weighted by Crippen LogP contribution is 2.23. The minimum Gasteiger partial charge on any atom is -1.00 e. The second-order valence-corrected chi connectivity index (χ2v) is 7.43. The molecule has 0 N–H and O–H groups in total. The molecule has 2 rings (SSSR count).